The first kappa shape index (κ1) is 19.2. The fraction of sp³-hybridized carbons (Fsp3) is 0.579. The number of nitrogens with one attached hydrogen (secondary N) is 2. The second kappa shape index (κ2) is 7.87. The van der Waals surface area contributed by atoms with Crippen molar-refractivity contribution >= 4 is 11.8 Å². The van der Waals surface area contributed by atoms with Gasteiger partial charge in [0.1, 0.15) is 5.75 Å². The van der Waals surface area contributed by atoms with Gasteiger partial charge in [-0.25, -0.2) is 0 Å². The average molecular weight is 348 g/mol. The minimum Gasteiger partial charge on any atom is -0.497 e. The van der Waals surface area contributed by atoms with Gasteiger partial charge in [-0.15, -0.1) is 0 Å². The lowest BCUT2D eigenvalue weighted by Gasteiger charge is -2.38. The predicted octanol–water partition coefficient (Wildman–Crippen LogP) is 1.77. The monoisotopic (exact) mass is 348 g/mol. The molecule has 6 heteroatoms. The average Bonchev–Trinajstić information content (AvgIpc) is 2.59. The Morgan fingerprint density at radius 3 is 2.24 bits per heavy atom. The third kappa shape index (κ3) is 5.19. The first-order valence-electron chi connectivity index (χ1n) is 8.58. The summed E-state index contributed by atoms with van der Waals surface area (Å²) in [5.74, 6) is -0.418. The van der Waals surface area contributed by atoms with E-state index >= 15 is 0 Å². The molecule has 2 amide bonds. The number of amides is 2. The maximum atomic E-state index is 12.2. The Morgan fingerprint density at radius 2 is 1.72 bits per heavy atom. The molecule has 2 N–H and O–H groups in total. The van der Waals surface area contributed by atoms with Gasteiger partial charge in [0.2, 0.25) is 0 Å². The van der Waals surface area contributed by atoms with E-state index in [-0.39, 0.29) is 5.41 Å². The molecule has 1 saturated heterocycles. The summed E-state index contributed by atoms with van der Waals surface area (Å²) in [5, 5.41) is 5.49. The number of methoxy groups -OCH3 is 1. The van der Waals surface area contributed by atoms with Crippen molar-refractivity contribution in [1.82, 2.24) is 10.6 Å². The molecule has 1 heterocycles. The molecule has 138 valence electrons. The zero-order chi connectivity index (χ0) is 18.5. The summed E-state index contributed by atoms with van der Waals surface area (Å²) < 4.78 is 10.7. The third-order valence-corrected chi connectivity index (χ3v) is 4.43. The zero-order valence-electron chi connectivity index (χ0n) is 15.5. The van der Waals surface area contributed by atoms with Crippen molar-refractivity contribution in [3.05, 3.63) is 29.8 Å². The molecule has 0 aromatic heterocycles. The molecule has 25 heavy (non-hydrogen) atoms. The van der Waals surface area contributed by atoms with Gasteiger partial charge in [-0.1, -0.05) is 12.1 Å². The maximum absolute atomic E-state index is 12.2. The first-order chi connectivity index (χ1) is 11.8. The van der Waals surface area contributed by atoms with Gasteiger partial charge in [0, 0.05) is 30.7 Å². The van der Waals surface area contributed by atoms with Crippen LogP contribution in [0.4, 0.5) is 0 Å². The van der Waals surface area contributed by atoms with Crippen molar-refractivity contribution in [3.63, 3.8) is 0 Å². The number of ether oxygens (including phenoxy) is 2. The van der Waals surface area contributed by atoms with Crippen LogP contribution in [0.25, 0.3) is 0 Å². The Bertz CT molecular complexity index is 599. The van der Waals surface area contributed by atoms with Gasteiger partial charge in [-0.05, 0) is 51.3 Å². The predicted molar refractivity (Wildman–Crippen MR) is 95.6 cm³/mol. The number of carbonyl (C=O) groups excluding carboxylic acids is 2. The van der Waals surface area contributed by atoms with Gasteiger partial charge < -0.3 is 20.1 Å². The molecule has 1 aromatic rings. The Kier molecular flexibility index (Phi) is 6.06. The van der Waals surface area contributed by atoms with E-state index in [0.29, 0.717) is 19.8 Å². The van der Waals surface area contributed by atoms with Crippen LogP contribution in [0.15, 0.2) is 24.3 Å². The highest BCUT2D eigenvalue weighted by Crippen LogP contribution is 2.35. The minimum atomic E-state index is -0.607. The van der Waals surface area contributed by atoms with Crippen molar-refractivity contribution in [2.45, 2.75) is 44.6 Å². The summed E-state index contributed by atoms with van der Waals surface area (Å²) in [7, 11) is 1.63. The third-order valence-electron chi connectivity index (χ3n) is 4.43. The zero-order valence-corrected chi connectivity index (χ0v) is 15.5. The molecular formula is C19H28N2O4. The fourth-order valence-electron chi connectivity index (χ4n) is 3.00. The number of benzene rings is 1. The van der Waals surface area contributed by atoms with Crippen LogP contribution >= 0.6 is 0 Å². The van der Waals surface area contributed by atoms with E-state index in [1.165, 1.54) is 0 Å². The van der Waals surface area contributed by atoms with Crippen LogP contribution in [0.5, 0.6) is 5.75 Å². The van der Waals surface area contributed by atoms with Crippen LogP contribution in [0.2, 0.25) is 0 Å². The van der Waals surface area contributed by atoms with E-state index in [1.807, 2.05) is 45.0 Å². The normalized spacial score (nSPS) is 16.8. The summed E-state index contributed by atoms with van der Waals surface area (Å²) >= 11 is 0. The van der Waals surface area contributed by atoms with Crippen LogP contribution in [0, 0.1) is 0 Å². The van der Waals surface area contributed by atoms with Gasteiger partial charge in [0.25, 0.3) is 0 Å². The molecule has 1 aliphatic heterocycles. The molecule has 0 spiro atoms. The van der Waals surface area contributed by atoms with Crippen LogP contribution < -0.4 is 15.4 Å². The summed E-state index contributed by atoms with van der Waals surface area (Å²) in [6, 6.07) is 7.87. The van der Waals surface area contributed by atoms with Gasteiger partial charge >= 0.3 is 11.8 Å². The Balaban J connectivity index is 2.09. The quantitative estimate of drug-likeness (QED) is 0.813. The van der Waals surface area contributed by atoms with Crippen molar-refractivity contribution in [3.8, 4) is 5.75 Å². The molecule has 1 fully saturated rings. The van der Waals surface area contributed by atoms with Crippen LogP contribution in [0.1, 0.15) is 39.2 Å². The Labute approximate surface area is 149 Å². The molecule has 1 aromatic carbocycles. The molecule has 0 aliphatic carbocycles. The minimum absolute atomic E-state index is 0.234. The summed E-state index contributed by atoms with van der Waals surface area (Å²) in [5.41, 5.74) is 0.441. The largest absolute Gasteiger partial charge is 0.497 e. The highest BCUT2D eigenvalue weighted by molar-refractivity contribution is 6.35. The van der Waals surface area contributed by atoms with Gasteiger partial charge in [-0.3, -0.25) is 9.59 Å². The molecule has 0 unspecified atom stereocenters. The van der Waals surface area contributed by atoms with Crippen LogP contribution in [-0.4, -0.2) is 44.2 Å². The van der Waals surface area contributed by atoms with Crippen molar-refractivity contribution in [1.29, 1.82) is 0 Å². The molecule has 0 bridgehead atoms. The lowest BCUT2D eigenvalue weighted by Crippen LogP contribution is -2.51. The number of rotatable bonds is 4. The topological polar surface area (TPSA) is 76.7 Å². The number of hydrogen-bond donors (Lipinski definition) is 2. The second-order valence-corrected chi connectivity index (χ2v) is 7.51. The van der Waals surface area contributed by atoms with E-state index in [1.54, 1.807) is 7.11 Å². The van der Waals surface area contributed by atoms with Gasteiger partial charge in [0.15, 0.2) is 0 Å². The van der Waals surface area contributed by atoms with E-state index < -0.39 is 17.4 Å². The second-order valence-electron chi connectivity index (χ2n) is 7.51. The lowest BCUT2D eigenvalue weighted by molar-refractivity contribution is -0.140. The lowest BCUT2D eigenvalue weighted by atomic mass is 9.74. The highest BCUT2D eigenvalue weighted by atomic mass is 16.5. The first-order valence-corrected chi connectivity index (χ1v) is 8.58. The number of carbonyl (C=O) groups is 2. The molecule has 6 nitrogen and oxygen atoms in total. The standard InChI is InChI=1S/C19H28N2O4/c1-18(2,3)21-17(23)16(22)20-13-19(9-11-25-12-10-19)14-5-7-15(24-4)8-6-14/h5-8H,9-13H2,1-4H3,(H,20,22)(H,21,23). The van der Waals surface area contributed by atoms with E-state index in [2.05, 4.69) is 10.6 Å². The Hall–Kier alpha value is -2.08. The van der Waals surface area contributed by atoms with Crippen molar-refractivity contribution in [2.24, 2.45) is 0 Å². The number of hydrogen-bond acceptors (Lipinski definition) is 4. The fourth-order valence-corrected chi connectivity index (χ4v) is 3.00. The molecule has 1 aliphatic rings. The SMILES string of the molecule is COc1ccc(C2(CNC(=O)C(=O)NC(C)(C)C)CCOCC2)cc1. The van der Waals surface area contributed by atoms with Gasteiger partial charge in [0.05, 0.1) is 7.11 Å². The maximum Gasteiger partial charge on any atom is 0.309 e. The molecule has 2 rings (SSSR count). The van der Waals surface area contributed by atoms with Crippen molar-refractivity contribution < 1.29 is 19.1 Å². The smallest absolute Gasteiger partial charge is 0.309 e. The van der Waals surface area contributed by atoms with Crippen molar-refractivity contribution in [2.75, 3.05) is 26.9 Å². The summed E-state index contributed by atoms with van der Waals surface area (Å²) in [4.78, 5) is 24.2. The van der Waals surface area contributed by atoms with Gasteiger partial charge in [-0.2, -0.15) is 0 Å². The summed E-state index contributed by atoms with van der Waals surface area (Å²) in [6.07, 6.45) is 1.58. The molecule has 0 atom stereocenters. The van der Waals surface area contributed by atoms with E-state index in [9.17, 15) is 9.59 Å². The summed E-state index contributed by atoms with van der Waals surface area (Å²) in [6.45, 7) is 7.20. The van der Waals surface area contributed by atoms with E-state index in [4.69, 9.17) is 9.47 Å². The molecule has 0 radical (unpaired) electrons. The highest BCUT2D eigenvalue weighted by Gasteiger charge is 2.35. The van der Waals surface area contributed by atoms with E-state index in [0.717, 1.165) is 24.2 Å². The van der Waals surface area contributed by atoms with Crippen LogP contribution in [0.3, 0.4) is 0 Å². The molecule has 0 saturated carbocycles. The Morgan fingerprint density at radius 1 is 1.12 bits per heavy atom. The molecular weight excluding hydrogens is 320 g/mol. The van der Waals surface area contributed by atoms with Crippen LogP contribution in [-0.2, 0) is 19.7 Å².